The first-order chi connectivity index (χ1) is 10.4. The molecule has 5 heteroatoms. The average molecular weight is 323 g/mol. The summed E-state index contributed by atoms with van der Waals surface area (Å²) in [6.07, 6.45) is 2.67. The Hall–Kier alpha value is -0.940. The Kier molecular flexibility index (Phi) is 4.29. The number of fused-ring (bicyclic) bond motifs is 2. The zero-order chi connectivity index (χ0) is 15.9. The van der Waals surface area contributed by atoms with Crippen LogP contribution in [0.15, 0.2) is 5.38 Å². The van der Waals surface area contributed by atoms with Crippen molar-refractivity contribution in [3.05, 3.63) is 16.1 Å². The first-order valence-electron chi connectivity index (χ1n) is 8.03. The molecule has 1 aromatic rings. The smallest absolute Gasteiger partial charge is 0.312 e. The minimum Gasteiger partial charge on any atom is -0.462 e. The number of nitrogens with zero attached hydrogens (tertiary/aromatic N) is 1. The molecule has 22 heavy (non-hydrogen) atoms. The van der Waals surface area contributed by atoms with Crippen LogP contribution in [-0.2, 0) is 27.3 Å². The van der Waals surface area contributed by atoms with Crippen molar-refractivity contribution in [3.63, 3.8) is 0 Å². The van der Waals surface area contributed by atoms with E-state index in [1.807, 2.05) is 5.38 Å². The van der Waals surface area contributed by atoms with Gasteiger partial charge in [-0.15, -0.1) is 11.3 Å². The zero-order valence-electron chi connectivity index (χ0n) is 13.8. The first kappa shape index (κ1) is 15.9. The molecule has 1 aromatic heterocycles. The number of esters is 1. The monoisotopic (exact) mass is 323 g/mol. The molecule has 4 nitrogen and oxygen atoms in total. The summed E-state index contributed by atoms with van der Waals surface area (Å²) in [6.45, 7) is 7.44. The quantitative estimate of drug-likeness (QED) is 0.779. The van der Waals surface area contributed by atoms with Gasteiger partial charge in [-0.25, -0.2) is 4.98 Å². The third-order valence-electron chi connectivity index (χ3n) is 5.76. The van der Waals surface area contributed by atoms with Crippen LogP contribution in [0.5, 0.6) is 0 Å². The van der Waals surface area contributed by atoms with Gasteiger partial charge < -0.3 is 9.47 Å². The standard InChI is InChI=1S/C17H25NO3S/c1-10-13-5-11(17(13,2)3)6-14(10)21-16(19)7-12-9-22-15(18-12)8-20-4/h9-11,13-14H,5-8H2,1-4H3/t10-,11-,13+,14-/m1/s1. The van der Waals surface area contributed by atoms with E-state index in [9.17, 15) is 4.79 Å². The van der Waals surface area contributed by atoms with Gasteiger partial charge in [0, 0.05) is 12.5 Å². The molecule has 0 aliphatic heterocycles. The molecule has 4 atom stereocenters. The van der Waals surface area contributed by atoms with E-state index in [0.717, 1.165) is 17.1 Å². The topological polar surface area (TPSA) is 48.4 Å². The van der Waals surface area contributed by atoms with Crippen LogP contribution in [-0.4, -0.2) is 24.2 Å². The summed E-state index contributed by atoms with van der Waals surface area (Å²) in [5, 5.41) is 2.82. The van der Waals surface area contributed by atoms with Gasteiger partial charge in [0.05, 0.1) is 18.7 Å². The molecule has 0 N–H and O–H groups in total. The molecular weight excluding hydrogens is 298 g/mol. The van der Waals surface area contributed by atoms with Crippen molar-refractivity contribution in [2.24, 2.45) is 23.2 Å². The van der Waals surface area contributed by atoms with Gasteiger partial charge in [0.15, 0.2) is 0 Å². The highest BCUT2D eigenvalue weighted by Gasteiger charge is 2.57. The van der Waals surface area contributed by atoms with Crippen LogP contribution in [0.25, 0.3) is 0 Å². The van der Waals surface area contributed by atoms with Gasteiger partial charge >= 0.3 is 5.97 Å². The number of ether oxygens (including phenoxy) is 2. The van der Waals surface area contributed by atoms with Crippen LogP contribution in [0.4, 0.5) is 0 Å². The van der Waals surface area contributed by atoms with Crippen LogP contribution in [0.3, 0.4) is 0 Å². The van der Waals surface area contributed by atoms with Crippen LogP contribution >= 0.6 is 11.3 Å². The maximum atomic E-state index is 12.2. The van der Waals surface area contributed by atoms with Crippen molar-refractivity contribution in [1.82, 2.24) is 4.98 Å². The predicted octanol–water partition coefficient (Wildman–Crippen LogP) is 3.45. The predicted molar refractivity (Wildman–Crippen MR) is 85.6 cm³/mol. The average Bonchev–Trinajstić information content (AvgIpc) is 2.88. The maximum absolute atomic E-state index is 12.2. The van der Waals surface area contributed by atoms with Crippen LogP contribution in [0.2, 0.25) is 0 Å². The van der Waals surface area contributed by atoms with Crippen molar-refractivity contribution in [2.45, 2.75) is 52.7 Å². The molecule has 3 aliphatic rings. The van der Waals surface area contributed by atoms with E-state index in [1.54, 1.807) is 7.11 Å². The van der Waals surface area contributed by atoms with Crippen LogP contribution in [0, 0.1) is 23.2 Å². The lowest BCUT2D eigenvalue weighted by atomic mass is 9.45. The number of rotatable bonds is 5. The highest BCUT2D eigenvalue weighted by atomic mass is 32.1. The Morgan fingerprint density at radius 1 is 1.45 bits per heavy atom. The number of methoxy groups -OCH3 is 1. The molecule has 0 spiro atoms. The fourth-order valence-electron chi connectivity index (χ4n) is 4.24. The Labute approximate surface area is 136 Å². The Morgan fingerprint density at radius 2 is 2.23 bits per heavy atom. The second-order valence-electron chi connectivity index (χ2n) is 7.33. The fraction of sp³-hybridized carbons (Fsp3) is 0.765. The van der Waals surface area contributed by atoms with Gasteiger partial charge in [0.2, 0.25) is 0 Å². The van der Waals surface area contributed by atoms with E-state index < -0.39 is 0 Å². The van der Waals surface area contributed by atoms with Crippen molar-refractivity contribution in [3.8, 4) is 0 Å². The van der Waals surface area contributed by atoms with E-state index in [1.165, 1.54) is 17.8 Å². The number of carbonyl (C=O) groups excluding carboxylic acids is 1. The zero-order valence-corrected chi connectivity index (χ0v) is 14.6. The summed E-state index contributed by atoms with van der Waals surface area (Å²) in [4.78, 5) is 16.6. The van der Waals surface area contributed by atoms with Gasteiger partial charge in [-0.1, -0.05) is 20.8 Å². The van der Waals surface area contributed by atoms with Gasteiger partial charge in [0.25, 0.3) is 0 Å². The molecule has 0 unspecified atom stereocenters. The number of thiazole rings is 1. The summed E-state index contributed by atoms with van der Waals surface area (Å²) in [5.41, 5.74) is 1.21. The van der Waals surface area contributed by atoms with Crippen LogP contribution in [0.1, 0.15) is 44.3 Å². The molecule has 2 bridgehead atoms. The van der Waals surface area contributed by atoms with Crippen molar-refractivity contribution < 1.29 is 14.3 Å². The Morgan fingerprint density at radius 3 is 2.86 bits per heavy atom. The van der Waals surface area contributed by atoms with Crippen LogP contribution < -0.4 is 0 Å². The molecule has 0 saturated heterocycles. The number of carbonyl (C=O) groups is 1. The van der Waals surface area contributed by atoms with Crippen molar-refractivity contribution in [2.75, 3.05) is 7.11 Å². The second-order valence-corrected chi connectivity index (χ2v) is 8.27. The molecule has 0 radical (unpaired) electrons. The number of hydrogen-bond donors (Lipinski definition) is 0. The fourth-order valence-corrected chi connectivity index (χ4v) is 5.00. The third kappa shape index (κ3) is 2.81. The molecule has 3 aliphatic carbocycles. The molecule has 3 fully saturated rings. The summed E-state index contributed by atoms with van der Waals surface area (Å²) in [7, 11) is 1.65. The number of hydrogen-bond acceptors (Lipinski definition) is 5. The Balaban J connectivity index is 1.54. The maximum Gasteiger partial charge on any atom is 0.312 e. The lowest BCUT2D eigenvalue weighted by molar-refractivity contribution is -0.185. The second kappa shape index (κ2) is 5.93. The SMILES string of the molecule is COCc1nc(CC(=O)O[C@@H]2C[C@H]3C[C@@H]([C@H]2C)C3(C)C)cs1. The minimum absolute atomic E-state index is 0.0846. The van der Waals surface area contributed by atoms with E-state index in [4.69, 9.17) is 9.47 Å². The highest BCUT2D eigenvalue weighted by Crippen LogP contribution is 2.61. The largest absolute Gasteiger partial charge is 0.462 e. The first-order valence-corrected chi connectivity index (χ1v) is 8.91. The minimum atomic E-state index is -0.148. The molecule has 1 heterocycles. The molecule has 0 aromatic carbocycles. The Bertz CT molecular complexity index is 554. The van der Waals surface area contributed by atoms with Gasteiger partial charge in [0.1, 0.15) is 11.1 Å². The normalized spacial score (nSPS) is 32.4. The van der Waals surface area contributed by atoms with E-state index in [0.29, 0.717) is 29.8 Å². The lowest BCUT2D eigenvalue weighted by Crippen LogP contribution is -2.57. The van der Waals surface area contributed by atoms with E-state index in [2.05, 4.69) is 25.8 Å². The van der Waals surface area contributed by atoms with Gasteiger partial charge in [-0.05, 0) is 36.0 Å². The molecule has 3 saturated carbocycles. The van der Waals surface area contributed by atoms with Crippen molar-refractivity contribution in [1.29, 1.82) is 0 Å². The lowest BCUT2D eigenvalue weighted by Gasteiger charge is -2.61. The summed E-state index contributed by atoms with van der Waals surface area (Å²) in [6, 6.07) is 0. The molecule has 0 amide bonds. The van der Waals surface area contributed by atoms with Crippen molar-refractivity contribution >= 4 is 17.3 Å². The van der Waals surface area contributed by atoms with E-state index >= 15 is 0 Å². The summed E-state index contributed by atoms with van der Waals surface area (Å²) >= 11 is 1.53. The molecule has 122 valence electrons. The summed E-state index contributed by atoms with van der Waals surface area (Å²) in [5.74, 6) is 1.71. The van der Waals surface area contributed by atoms with Gasteiger partial charge in [-0.3, -0.25) is 4.79 Å². The summed E-state index contributed by atoms with van der Waals surface area (Å²) < 4.78 is 10.8. The number of aromatic nitrogens is 1. The third-order valence-corrected chi connectivity index (χ3v) is 6.63. The molecular formula is C17H25NO3S. The molecule has 4 rings (SSSR count). The van der Waals surface area contributed by atoms with Gasteiger partial charge in [-0.2, -0.15) is 0 Å². The highest BCUT2D eigenvalue weighted by molar-refractivity contribution is 7.09. The van der Waals surface area contributed by atoms with E-state index in [-0.39, 0.29) is 18.5 Å².